The van der Waals surface area contributed by atoms with E-state index in [4.69, 9.17) is 10.00 Å². The number of aryl methyl sites for hydroxylation is 1. The highest BCUT2D eigenvalue weighted by molar-refractivity contribution is 5.96. The Balaban J connectivity index is 2.20. The highest BCUT2D eigenvalue weighted by Crippen LogP contribution is 2.22. The summed E-state index contributed by atoms with van der Waals surface area (Å²) in [6.07, 6.45) is 0. The summed E-state index contributed by atoms with van der Waals surface area (Å²) in [6.45, 7) is 3.81. The number of carbonyl (C=O) groups is 1. The van der Waals surface area contributed by atoms with E-state index in [2.05, 4.69) is 6.07 Å². The third-order valence-corrected chi connectivity index (χ3v) is 2.97. The third kappa shape index (κ3) is 3.24. The Kier molecular flexibility index (Phi) is 4.17. The maximum atomic E-state index is 11.6. The van der Waals surface area contributed by atoms with Crippen molar-refractivity contribution in [1.29, 1.82) is 5.26 Å². The lowest BCUT2D eigenvalue weighted by atomic mass is 10.1. The number of benzene rings is 2. The minimum absolute atomic E-state index is 0.0224. The molecule has 2 aromatic rings. The molecule has 0 saturated heterocycles. The molecule has 0 spiro atoms. The molecule has 0 heterocycles. The number of ether oxygens (including phenoxy) is 1. The van der Waals surface area contributed by atoms with Crippen molar-refractivity contribution in [3.8, 4) is 11.8 Å². The van der Waals surface area contributed by atoms with Crippen LogP contribution < -0.4 is 4.74 Å². The first kappa shape index (κ1) is 13.8. The molecular weight excluding hydrogens is 250 g/mol. The van der Waals surface area contributed by atoms with Crippen molar-refractivity contribution in [3.05, 3.63) is 64.7 Å². The summed E-state index contributed by atoms with van der Waals surface area (Å²) >= 11 is 0. The van der Waals surface area contributed by atoms with E-state index in [-0.39, 0.29) is 5.78 Å². The Hall–Kier alpha value is -2.60. The van der Waals surface area contributed by atoms with Crippen LogP contribution in [0.5, 0.6) is 5.75 Å². The minimum atomic E-state index is -0.0224. The Morgan fingerprint density at radius 1 is 1.25 bits per heavy atom. The summed E-state index contributed by atoms with van der Waals surface area (Å²) in [5.74, 6) is 0.561. The van der Waals surface area contributed by atoms with Gasteiger partial charge in [-0.2, -0.15) is 5.26 Å². The van der Waals surface area contributed by atoms with Gasteiger partial charge in [-0.05, 0) is 49.2 Å². The van der Waals surface area contributed by atoms with E-state index >= 15 is 0 Å². The zero-order chi connectivity index (χ0) is 14.5. The molecule has 2 rings (SSSR count). The van der Waals surface area contributed by atoms with E-state index in [0.717, 1.165) is 11.1 Å². The van der Waals surface area contributed by atoms with Gasteiger partial charge in [-0.3, -0.25) is 4.79 Å². The Labute approximate surface area is 118 Å². The molecule has 0 amide bonds. The van der Waals surface area contributed by atoms with E-state index in [1.807, 2.05) is 31.2 Å². The molecule has 0 saturated carbocycles. The lowest BCUT2D eigenvalue weighted by Crippen LogP contribution is -2.02. The topological polar surface area (TPSA) is 50.1 Å². The second-order valence-electron chi connectivity index (χ2n) is 4.66. The second-order valence-corrected chi connectivity index (χ2v) is 4.66. The number of Topliss-reactive ketones (excluding diaryl/α,β-unsaturated/α-hetero) is 1. The van der Waals surface area contributed by atoms with E-state index < -0.39 is 0 Å². The molecule has 0 N–H and O–H groups in total. The van der Waals surface area contributed by atoms with Gasteiger partial charge in [0.05, 0.1) is 17.2 Å². The minimum Gasteiger partial charge on any atom is -0.488 e. The van der Waals surface area contributed by atoms with Crippen molar-refractivity contribution in [3.63, 3.8) is 0 Å². The fourth-order valence-corrected chi connectivity index (χ4v) is 1.93. The van der Waals surface area contributed by atoms with Crippen LogP contribution in [0.4, 0.5) is 0 Å². The van der Waals surface area contributed by atoms with Gasteiger partial charge in [0, 0.05) is 0 Å². The van der Waals surface area contributed by atoms with Crippen LogP contribution in [0.1, 0.15) is 34.0 Å². The number of carbonyl (C=O) groups excluding carboxylic acids is 1. The molecule has 100 valence electrons. The maximum absolute atomic E-state index is 11.6. The lowest BCUT2D eigenvalue weighted by molar-refractivity contribution is 0.101. The van der Waals surface area contributed by atoms with Gasteiger partial charge in [-0.15, -0.1) is 0 Å². The van der Waals surface area contributed by atoms with Gasteiger partial charge < -0.3 is 4.74 Å². The normalized spacial score (nSPS) is 9.85. The van der Waals surface area contributed by atoms with Crippen molar-refractivity contribution in [2.24, 2.45) is 0 Å². The Bertz CT molecular complexity index is 684. The molecular formula is C17H15NO2. The number of hydrogen-bond donors (Lipinski definition) is 0. The summed E-state index contributed by atoms with van der Waals surface area (Å²) in [5, 5.41) is 8.87. The smallest absolute Gasteiger partial charge is 0.163 e. The predicted molar refractivity (Wildman–Crippen MR) is 76.7 cm³/mol. The summed E-state index contributed by atoms with van der Waals surface area (Å²) in [7, 11) is 0. The molecule has 0 radical (unpaired) electrons. The summed E-state index contributed by atoms with van der Waals surface area (Å²) in [6, 6.07) is 14.9. The molecule has 20 heavy (non-hydrogen) atoms. The van der Waals surface area contributed by atoms with E-state index in [0.29, 0.717) is 23.5 Å². The van der Waals surface area contributed by atoms with Crippen molar-refractivity contribution >= 4 is 5.78 Å². The largest absolute Gasteiger partial charge is 0.488 e. The first-order valence-corrected chi connectivity index (χ1v) is 6.33. The number of rotatable bonds is 4. The third-order valence-electron chi connectivity index (χ3n) is 2.97. The SMILES string of the molecule is CC(=O)c1ccc(C)cc1OCc1cccc(C#N)c1. The van der Waals surface area contributed by atoms with Crippen molar-refractivity contribution in [1.82, 2.24) is 0 Å². The zero-order valence-electron chi connectivity index (χ0n) is 11.5. The molecule has 2 aromatic carbocycles. The fraction of sp³-hybridized carbons (Fsp3) is 0.176. The molecule has 0 atom stereocenters. The van der Waals surface area contributed by atoms with Gasteiger partial charge in [0.1, 0.15) is 12.4 Å². The van der Waals surface area contributed by atoms with Gasteiger partial charge in [0.2, 0.25) is 0 Å². The van der Waals surface area contributed by atoms with Crippen LogP contribution in [0, 0.1) is 18.3 Å². The average Bonchev–Trinajstić information content (AvgIpc) is 2.45. The zero-order valence-corrected chi connectivity index (χ0v) is 11.5. The predicted octanol–water partition coefficient (Wildman–Crippen LogP) is 3.65. The first-order valence-electron chi connectivity index (χ1n) is 6.33. The molecule has 0 aliphatic carbocycles. The van der Waals surface area contributed by atoms with E-state index in [9.17, 15) is 4.79 Å². The number of nitrogens with zero attached hydrogens (tertiary/aromatic N) is 1. The van der Waals surface area contributed by atoms with Crippen LogP contribution in [0.25, 0.3) is 0 Å². The van der Waals surface area contributed by atoms with Gasteiger partial charge >= 0.3 is 0 Å². The molecule has 0 unspecified atom stereocenters. The number of nitriles is 1. The van der Waals surface area contributed by atoms with Crippen LogP contribution in [0.15, 0.2) is 42.5 Å². The van der Waals surface area contributed by atoms with Gasteiger partial charge in [-0.1, -0.05) is 18.2 Å². The monoisotopic (exact) mass is 265 g/mol. The molecule has 3 nitrogen and oxygen atoms in total. The van der Waals surface area contributed by atoms with E-state index in [1.54, 1.807) is 18.2 Å². The van der Waals surface area contributed by atoms with Gasteiger partial charge in [-0.25, -0.2) is 0 Å². The highest BCUT2D eigenvalue weighted by Gasteiger charge is 2.09. The summed E-state index contributed by atoms with van der Waals surface area (Å²) in [4.78, 5) is 11.6. The molecule has 0 aliphatic heterocycles. The maximum Gasteiger partial charge on any atom is 0.163 e. The second kappa shape index (κ2) is 6.03. The number of ketones is 1. The standard InChI is InChI=1S/C17H15NO2/c1-12-6-7-16(13(2)19)17(8-12)20-11-15-5-3-4-14(9-15)10-18/h3-9H,11H2,1-2H3. The molecule has 0 fully saturated rings. The summed E-state index contributed by atoms with van der Waals surface area (Å²) in [5.41, 5.74) is 3.12. The van der Waals surface area contributed by atoms with Crippen LogP contribution in [-0.4, -0.2) is 5.78 Å². The van der Waals surface area contributed by atoms with Crippen LogP contribution in [-0.2, 0) is 6.61 Å². The first-order chi connectivity index (χ1) is 9.60. The molecule has 0 aromatic heterocycles. The quantitative estimate of drug-likeness (QED) is 0.793. The summed E-state index contributed by atoms with van der Waals surface area (Å²) < 4.78 is 5.73. The van der Waals surface area contributed by atoms with Crippen molar-refractivity contribution in [2.75, 3.05) is 0 Å². The van der Waals surface area contributed by atoms with E-state index in [1.165, 1.54) is 6.92 Å². The number of hydrogen-bond acceptors (Lipinski definition) is 3. The van der Waals surface area contributed by atoms with Crippen LogP contribution in [0.2, 0.25) is 0 Å². The van der Waals surface area contributed by atoms with Crippen molar-refractivity contribution in [2.45, 2.75) is 20.5 Å². The molecule has 0 aliphatic rings. The lowest BCUT2D eigenvalue weighted by Gasteiger charge is -2.11. The van der Waals surface area contributed by atoms with Crippen molar-refractivity contribution < 1.29 is 9.53 Å². The van der Waals surface area contributed by atoms with Gasteiger partial charge in [0.25, 0.3) is 0 Å². The Morgan fingerprint density at radius 3 is 2.75 bits per heavy atom. The molecule has 3 heteroatoms. The van der Waals surface area contributed by atoms with Gasteiger partial charge in [0.15, 0.2) is 5.78 Å². The highest BCUT2D eigenvalue weighted by atomic mass is 16.5. The fourth-order valence-electron chi connectivity index (χ4n) is 1.93. The van der Waals surface area contributed by atoms with Crippen LogP contribution >= 0.6 is 0 Å². The van der Waals surface area contributed by atoms with Crippen LogP contribution in [0.3, 0.4) is 0 Å². The molecule has 0 bridgehead atoms. The Morgan fingerprint density at radius 2 is 2.05 bits per heavy atom. The average molecular weight is 265 g/mol.